The second-order valence-electron chi connectivity index (χ2n) is 4.94. The minimum Gasteiger partial charge on any atom is -0.469 e. The van der Waals surface area contributed by atoms with Crippen molar-refractivity contribution in [1.82, 2.24) is 19.7 Å². The number of hydrogen-bond acceptors (Lipinski definition) is 6. The van der Waals surface area contributed by atoms with Crippen LogP contribution in [0.4, 0.5) is 5.82 Å². The summed E-state index contributed by atoms with van der Waals surface area (Å²) in [4.78, 5) is 8.44. The summed E-state index contributed by atoms with van der Waals surface area (Å²) in [6.07, 6.45) is 5.56. The Morgan fingerprint density at radius 1 is 1.43 bits per heavy atom. The Labute approximate surface area is 121 Å². The molecule has 0 fully saturated rings. The van der Waals surface area contributed by atoms with Crippen LogP contribution in [0, 0.1) is 5.92 Å². The number of nitrogens with one attached hydrogen (secondary N) is 1. The van der Waals surface area contributed by atoms with E-state index in [1.54, 1.807) is 17.1 Å². The van der Waals surface area contributed by atoms with Gasteiger partial charge in [-0.1, -0.05) is 0 Å². The van der Waals surface area contributed by atoms with Gasteiger partial charge in [0.2, 0.25) is 0 Å². The van der Waals surface area contributed by atoms with E-state index in [9.17, 15) is 5.11 Å². The van der Waals surface area contributed by atoms with E-state index in [4.69, 9.17) is 4.42 Å². The van der Waals surface area contributed by atoms with Crippen molar-refractivity contribution in [3.8, 4) is 0 Å². The van der Waals surface area contributed by atoms with E-state index in [2.05, 4.69) is 20.4 Å². The first kappa shape index (κ1) is 13.6. The lowest BCUT2D eigenvalue weighted by Crippen LogP contribution is -2.20. The van der Waals surface area contributed by atoms with Crippen LogP contribution in [0.2, 0.25) is 0 Å². The molecule has 0 spiro atoms. The quantitative estimate of drug-likeness (QED) is 0.708. The van der Waals surface area contributed by atoms with Gasteiger partial charge >= 0.3 is 0 Å². The van der Waals surface area contributed by atoms with Crippen LogP contribution in [0.3, 0.4) is 0 Å². The van der Waals surface area contributed by atoms with E-state index in [1.165, 1.54) is 6.33 Å². The molecule has 1 unspecified atom stereocenters. The molecule has 0 bridgehead atoms. The summed E-state index contributed by atoms with van der Waals surface area (Å²) in [6.45, 7) is 0.674. The molecule has 110 valence electrons. The zero-order valence-corrected chi connectivity index (χ0v) is 11.7. The molecule has 7 nitrogen and oxygen atoms in total. The third kappa shape index (κ3) is 2.87. The molecule has 0 radical (unpaired) electrons. The molecule has 0 saturated carbocycles. The van der Waals surface area contributed by atoms with Crippen LogP contribution in [0.5, 0.6) is 0 Å². The summed E-state index contributed by atoms with van der Waals surface area (Å²) in [5.74, 6) is 1.65. The number of aromatic nitrogens is 4. The van der Waals surface area contributed by atoms with Crippen molar-refractivity contribution in [1.29, 1.82) is 0 Å². The molecule has 0 aromatic carbocycles. The van der Waals surface area contributed by atoms with Crippen LogP contribution in [-0.4, -0.2) is 38.0 Å². The zero-order valence-electron chi connectivity index (χ0n) is 11.7. The summed E-state index contributed by atoms with van der Waals surface area (Å²) in [6, 6.07) is 3.76. The highest BCUT2D eigenvalue weighted by molar-refractivity contribution is 5.85. The van der Waals surface area contributed by atoms with Gasteiger partial charge in [-0.2, -0.15) is 5.10 Å². The maximum atomic E-state index is 9.49. The fraction of sp³-hybridized carbons (Fsp3) is 0.357. The third-order valence-electron chi connectivity index (χ3n) is 3.42. The fourth-order valence-corrected chi connectivity index (χ4v) is 2.26. The topological polar surface area (TPSA) is 89.0 Å². The van der Waals surface area contributed by atoms with Crippen molar-refractivity contribution >= 4 is 16.9 Å². The van der Waals surface area contributed by atoms with E-state index in [0.717, 1.165) is 22.6 Å². The summed E-state index contributed by atoms with van der Waals surface area (Å²) in [5.41, 5.74) is 0.777. The molecular formula is C14H17N5O2. The van der Waals surface area contributed by atoms with Crippen molar-refractivity contribution in [3.05, 3.63) is 36.7 Å². The minimum absolute atomic E-state index is 0.0536. The molecule has 3 heterocycles. The molecule has 2 N–H and O–H groups in total. The van der Waals surface area contributed by atoms with Crippen LogP contribution in [0.1, 0.15) is 5.76 Å². The maximum Gasteiger partial charge on any atom is 0.163 e. The smallest absolute Gasteiger partial charge is 0.163 e. The average molecular weight is 287 g/mol. The monoisotopic (exact) mass is 287 g/mol. The molecule has 3 rings (SSSR count). The van der Waals surface area contributed by atoms with Crippen molar-refractivity contribution in [2.75, 3.05) is 18.5 Å². The first-order valence-corrected chi connectivity index (χ1v) is 6.77. The van der Waals surface area contributed by atoms with Crippen LogP contribution in [-0.2, 0) is 13.5 Å². The largest absolute Gasteiger partial charge is 0.469 e. The Hall–Kier alpha value is -2.41. The number of aliphatic hydroxyl groups is 1. The van der Waals surface area contributed by atoms with E-state index in [-0.39, 0.29) is 12.5 Å². The molecule has 0 aliphatic rings. The number of rotatable bonds is 6. The maximum absolute atomic E-state index is 9.49. The van der Waals surface area contributed by atoms with Gasteiger partial charge in [0, 0.05) is 32.5 Å². The molecule has 21 heavy (non-hydrogen) atoms. The zero-order chi connectivity index (χ0) is 14.7. The molecule has 0 aliphatic carbocycles. The van der Waals surface area contributed by atoms with Crippen LogP contribution < -0.4 is 5.32 Å². The van der Waals surface area contributed by atoms with E-state index in [1.807, 2.05) is 19.2 Å². The van der Waals surface area contributed by atoms with Crippen molar-refractivity contribution in [2.24, 2.45) is 13.0 Å². The Balaban J connectivity index is 1.70. The number of furan rings is 1. The lowest BCUT2D eigenvalue weighted by Gasteiger charge is -2.14. The average Bonchev–Trinajstić information content (AvgIpc) is 3.14. The fourth-order valence-electron chi connectivity index (χ4n) is 2.26. The van der Waals surface area contributed by atoms with Gasteiger partial charge in [-0.3, -0.25) is 4.68 Å². The van der Waals surface area contributed by atoms with Crippen molar-refractivity contribution < 1.29 is 9.52 Å². The number of aryl methyl sites for hydroxylation is 1. The predicted molar refractivity (Wildman–Crippen MR) is 77.8 cm³/mol. The van der Waals surface area contributed by atoms with Gasteiger partial charge in [-0.25, -0.2) is 9.97 Å². The number of aliphatic hydroxyl groups excluding tert-OH is 1. The van der Waals surface area contributed by atoms with Gasteiger partial charge in [-0.15, -0.1) is 0 Å². The van der Waals surface area contributed by atoms with Gasteiger partial charge in [0.05, 0.1) is 17.8 Å². The lowest BCUT2D eigenvalue weighted by molar-refractivity contribution is 0.226. The summed E-state index contributed by atoms with van der Waals surface area (Å²) in [5, 5.41) is 17.8. The Bertz CT molecular complexity index is 707. The highest BCUT2D eigenvalue weighted by atomic mass is 16.3. The summed E-state index contributed by atoms with van der Waals surface area (Å²) in [7, 11) is 1.84. The Kier molecular flexibility index (Phi) is 3.83. The van der Waals surface area contributed by atoms with Crippen LogP contribution >= 0.6 is 0 Å². The molecule has 0 aliphatic heterocycles. The first-order valence-electron chi connectivity index (χ1n) is 6.77. The van der Waals surface area contributed by atoms with Crippen molar-refractivity contribution in [3.63, 3.8) is 0 Å². The predicted octanol–water partition coefficient (Wildman–Crippen LogP) is 1.22. The second kappa shape index (κ2) is 5.92. The molecule has 0 saturated heterocycles. The van der Waals surface area contributed by atoms with Crippen molar-refractivity contribution in [2.45, 2.75) is 6.42 Å². The van der Waals surface area contributed by atoms with Gasteiger partial charge in [-0.05, 0) is 12.1 Å². The minimum atomic E-state index is 0.0536. The number of anilines is 1. The van der Waals surface area contributed by atoms with Gasteiger partial charge in [0.15, 0.2) is 5.65 Å². The molecule has 3 aromatic heterocycles. The second-order valence-corrected chi connectivity index (χ2v) is 4.94. The number of fused-ring (bicyclic) bond motifs is 1. The lowest BCUT2D eigenvalue weighted by atomic mass is 10.1. The molecule has 3 aromatic rings. The van der Waals surface area contributed by atoms with E-state index in [0.29, 0.717) is 13.0 Å². The standard InChI is InChI=1S/C14H17N5O2/c1-19-14-12(7-18-19)13(16-9-17-14)15-6-10(8-20)5-11-3-2-4-21-11/h2-4,7,9-10,20H,5-6,8H2,1H3,(H,15,16,17). The van der Waals surface area contributed by atoms with Gasteiger partial charge in [0.25, 0.3) is 0 Å². The normalized spacial score (nSPS) is 12.7. The molecular weight excluding hydrogens is 270 g/mol. The first-order chi connectivity index (χ1) is 10.3. The Morgan fingerprint density at radius 3 is 3.10 bits per heavy atom. The van der Waals surface area contributed by atoms with Gasteiger partial charge < -0.3 is 14.8 Å². The van der Waals surface area contributed by atoms with E-state index < -0.39 is 0 Å². The molecule has 1 atom stereocenters. The third-order valence-corrected chi connectivity index (χ3v) is 3.42. The number of nitrogens with zero attached hydrogens (tertiary/aromatic N) is 4. The Morgan fingerprint density at radius 2 is 2.33 bits per heavy atom. The highest BCUT2D eigenvalue weighted by Crippen LogP contribution is 2.18. The van der Waals surface area contributed by atoms with Crippen LogP contribution in [0.15, 0.2) is 35.3 Å². The summed E-state index contributed by atoms with van der Waals surface area (Å²) < 4.78 is 7.02. The highest BCUT2D eigenvalue weighted by Gasteiger charge is 2.13. The van der Waals surface area contributed by atoms with Gasteiger partial charge in [0.1, 0.15) is 17.9 Å². The van der Waals surface area contributed by atoms with E-state index >= 15 is 0 Å². The summed E-state index contributed by atoms with van der Waals surface area (Å²) >= 11 is 0. The molecule has 7 heteroatoms. The molecule has 0 amide bonds. The number of hydrogen-bond donors (Lipinski definition) is 2. The van der Waals surface area contributed by atoms with Crippen LogP contribution in [0.25, 0.3) is 11.0 Å². The SMILES string of the molecule is Cn1ncc2c(NCC(CO)Cc3ccco3)ncnc21.